The third-order valence-corrected chi connectivity index (χ3v) is 2.70. The smallest absolute Gasteiger partial charge is 0.133 e. The zero-order chi connectivity index (χ0) is 14.1. The Morgan fingerprint density at radius 1 is 1.37 bits per heavy atom. The van der Waals surface area contributed by atoms with Crippen molar-refractivity contribution in [3.8, 4) is 0 Å². The summed E-state index contributed by atoms with van der Waals surface area (Å²) < 4.78 is 5.13. The SMILES string of the molecule is CCCc1nc(NC)cc(NC(CCO)COC)n1. The van der Waals surface area contributed by atoms with Gasteiger partial charge in [-0.15, -0.1) is 0 Å². The minimum absolute atomic E-state index is 0.0454. The second-order valence-electron chi connectivity index (χ2n) is 4.36. The topological polar surface area (TPSA) is 79.3 Å². The van der Waals surface area contributed by atoms with Gasteiger partial charge in [0.2, 0.25) is 0 Å². The van der Waals surface area contributed by atoms with Gasteiger partial charge < -0.3 is 20.5 Å². The Hall–Kier alpha value is -1.40. The van der Waals surface area contributed by atoms with Crippen molar-refractivity contribution in [2.75, 3.05) is 38.0 Å². The molecule has 0 amide bonds. The fourth-order valence-electron chi connectivity index (χ4n) is 1.80. The number of methoxy groups -OCH3 is 1. The molecule has 3 N–H and O–H groups in total. The molecule has 19 heavy (non-hydrogen) atoms. The molecule has 1 unspecified atom stereocenters. The number of aryl methyl sites for hydroxylation is 1. The fraction of sp³-hybridized carbons (Fsp3) is 0.692. The molecule has 0 aliphatic rings. The molecule has 0 aliphatic heterocycles. The lowest BCUT2D eigenvalue weighted by Crippen LogP contribution is -2.27. The molecular weight excluding hydrogens is 244 g/mol. The van der Waals surface area contributed by atoms with E-state index in [9.17, 15) is 0 Å². The minimum atomic E-state index is 0.0454. The third kappa shape index (κ3) is 5.40. The van der Waals surface area contributed by atoms with Gasteiger partial charge in [0, 0.05) is 33.3 Å². The molecule has 6 heteroatoms. The van der Waals surface area contributed by atoms with E-state index in [1.54, 1.807) is 7.11 Å². The average molecular weight is 268 g/mol. The van der Waals surface area contributed by atoms with Gasteiger partial charge in [0.1, 0.15) is 17.5 Å². The van der Waals surface area contributed by atoms with Gasteiger partial charge in [-0.1, -0.05) is 6.92 Å². The summed E-state index contributed by atoms with van der Waals surface area (Å²) in [5, 5.41) is 15.4. The highest BCUT2D eigenvalue weighted by atomic mass is 16.5. The molecule has 0 aromatic carbocycles. The summed E-state index contributed by atoms with van der Waals surface area (Å²) in [6.07, 6.45) is 2.47. The predicted octanol–water partition coefficient (Wildman–Crippen LogP) is 1.28. The van der Waals surface area contributed by atoms with Gasteiger partial charge in [-0.05, 0) is 12.8 Å². The van der Waals surface area contributed by atoms with Crippen molar-refractivity contribution in [2.24, 2.45) is 0 Å². The molecule has 1 aromatic rings. The lowest BCUT2D eigenvalue weighted by atomic mass is 10.2. The molecule has 0 saturated heterocycles. The Morgan fingerprint density at radius 2 is 2.11 bits per heavy atom. The maximum atomic E-state index is 9.04. The van der Waals surface area contributed by atoms with Crippen LogP contribution in [-0.4, -0.2) is 48.5 Å². The maximum Gasteiger partial charge on any atom is 0.133 e. The largest absolute Gasteiger partial charge is 0.396 e. The van der Waals surface area contributed by atoms with Gasteiger partial charge >= 0.3 is 0 Å². The van der Waals surface area contributed by atoms with Gasteiger partial charge in [-0.25, -0.2) is 9.97 Å². The maximum absolute atomic E-state index is 9.04. The number of aliphatic hydroxyl groups is 1. The lowest BCUT2D eigenvalue weighted by Gasteiger charge is -2.18. The Bertz CT molecular complexity index is 368. The molecule has 1 atom stereocenters. The van der Waals surface area contributed by atoms with Gasteiger partial charge in [0.05, 0.1) is 12.6 Å². The van der Waals surface area contributed by atoms with Crippen LogP contribution in [0, 0.1) is 0 Å². The first-order chi connectivity index (χ1) is 9.23. The molecule has 0 spiro atoms. The summed E-state index contributed by atoms with van der Waals surface area (Å²) in [5.74, 6) is 2.37. The highest BCUT2D eigenvalue weighted by Crippen LogP contribution is 2.14. The van der Waals surface area contributed by atoms with Crippen molar-refractivity contribution >= 4 is 11.6 Å². The van der Waals surface area contributed by atoms with Crippen LogP contribution in [0.25, 0.3) is 0 Å². The van der Waals surface area contributed by atoms with Crippen molar-refractivity contribution < 1.29 is 9.84 Å². The fourth-order valence-corrected chi connectivity index (χ4v) is 1.80. The normalized spacial score (nSPS) is 12.2. The van der Waals surface area contributed by atoms with Crippen molar-refractivity contribution in [1.82, 2.24) is 9.97 Å². The monoisotopic (exact) mass is 268 g/mol. The molecule has 1 heterocycles. The lowest BCUT2D eigenvalue weighted by molar-refractivity contribution is 0.170. The number of hydrogen-bond donors (Lipinski definition) is 3. The van der Waals surface area contributed by atoms with E-state index in [2.05, 4.69) is 27.5 Å². The molecule has 0 fully saturated rings. The zero-order valence-corrected chi connectivity index (χ0v) is 11.9. The average Bonchev–Trinajstić information content (AvgIpc) is 2.39. The Labute approximate surface area is 114 Å². The van der Waals surface area contributed by atoms with E-state index in [1.807, 2.05) is 13.1 Å². The first kappa shape index (κ1) is 15.7. The number of aliphatic hydroxyl groups excluding tert-OH is 1. The van der Waals surface area contributed by atoms with Crippen molar-refractivity contribution in [1.29, 1.82) is 0 Å². The van der Waals surface area contributed by atoms with E-state index in [0.717, 1.165) is 30.3 Å². The second-order valence-corrected chi connectivity index (χ2v) is 4.36. The Kier molecular flexibility index (Phi) is 7.14. The van der Waals surface area contributed by atoms with Crippen LogP contribution >= 0.6 is 0 Å². The third-order valence-electron chi connectivity index (χ3n) is 2.70. The first-order valence-electron chi connectivity index (χ1n) is 6.65. The van der Waals surface area contributed by atoms with Gasteiger partial charge in [0.15, 0.2) is 0 Å². The summed E-state index contributed by atoms with van der Waals surface area (Å²) >= 11 is 0. The van der Waals surface area contributed by atoms with Crippen LogP contribution in [0.15, 0.2) is 6.07 Å². The Morgan fingerprint density at radius 3 is 2.68 bits per heavy atom. The highest BCUT2D eigenvalue weighted by molar-refractivity contribution is 5.47. The van der Waals surface area contributed by atoms with Crippen molar-refractivity contribution in [3.63, 3.8) is 0 Å². The van der Waals surface area contributed by atoms with Crippen LogP contribution in [-0.2, 0) is 11.2 Å². The molecule has 108 valence electrons. The molecule has 0 bridgehead atoms. The first-order valence-corrected chi connectivity index (χ1v) is 6.65. The van der Waals surface area contributed by atoms with E-state index in [-0.39, 0.29) is 12.6 Å². The number of hydrogen-bond acceptors (Lipinski definition) is 6. The highest BCUT2D eigenvalue weighted by Gasteiger charge is 2.10. The van der Waals surface area contributed by atoms with E-state index in [0.29, 0.717) is 13.0 Å². The second kappa shape index (κ2) is 8.66. The van der Waals surface area contributed by atoms with Crippen LogP contribution in [0.5, 0.6) is 0 Å². The van der Waals surface area contributed by atoms with E-state index in [1.165, 1.54) is 0 Å². The zero-order valence-electron chi connectivity index (χ0n) is 11.9. The van der Waals surface area contributed by atoms with Crippen LogP contribution < -0.4 is 10.6 Å². The molecule has 6 nitrogen and oxygen atoms in total. The predicted molar refractivity (Wildman–Crippen MR) is 76.6 cm³/mol. The number of nitrogens with one attached hydrogen (secondary N) is 2. The summed E-state index contributed by atoms with van der Waals surface area (Å²) in [6.45, 7) is 2.75. The molecule has 0 radical (unpaired) electrons. The van der Waals surface area contributed by atoms with E-state index in [4.69, 9.17) is 9.84 Å². The summed E-state index contributed by atoms with van der Waals surface area (Å²) in [4.78, 5) is 8.87. The minimum Gasteiger partial charge on any atom is -0.396 e. The Balaban J connectivity index is 2.81. The molecule has 0 saturated carbocycles. The van der Waals surface area contributed by atoms with E-state index >= 15 is 0 Å². The summed E-state index contributed by atoms with van der Waals surface area (Å²) in [5.41, 5.74) is 0. The quantitative estimate of drug-likeness (QED) is 0.626. The van der Waals surface area contributed by atoms with Gasteiger partial charge in [0.25, 0.3) is 0 Å². The number of rotatable bonds is 9. The summed E-state index contributed by atoms with van der Waals surface area (Å²) in [6, 6.07) is 1.91. The molecule has 1 aromatic heterocycles. The number of anilines is 2. The van der Waals surface area contributed by atoms with Crippen molar-refractivity contribution in [2.45, 2.75) is 32.2 Å². The number of nitrogens with zero attached hydrogens (tertiary/aromatic N) is 2. The van der Waals surface area contributed by atoms with Gasteiger partial charge in [-0.3, -0.25) is 0 Å². The summed E-state index contributed by atoms with van der Waals surface area (Å²) in [7, 11) is 3.48. The van der Waals surface area contributed by atoms with Crippen LogP contribution in [0.3, 0.4) is 0 Å². The molecule has 1 rings (SSSR count). The number of aromatic nitrogens is 2. The molecular formula is C13H24N4O2. The van der Waals surface area contributed by atoms with Crippen molar-refractivity contribution in [3.05, 3.63) is 11.9 Å². The molecule has 0 aliphatic carbocycles. The number of ether oxygens (including phenoxy) is 1. The van der Waals surface area contributed by atoms with E-state index < -0.39 is 0 Å². The van der Waals surface area contributed by atoms with Crippen LogP contribution in [0.4, 0.5) is 11.6 Å². The standard InChI is InChI=1S/C13H24N4O2/c1-4-5-11-16-12(14-2)8-13(17-11)15-10(6-7-18)9-19-3/h8,10,18H,4-7,9H2,1-3H3,(H2,14,15,16,17). The van der Waals surface area contributed by atoms with Gasteiger partial charge in [-0.2, -0.15) is 0 Å². The van der Waals surface area contributed by atoms with Crippen LogP contribution in [0.2, 0.25) is 0 Å². The van der Waals surface area contributed by atoms with Crippen LogP contribution in [0.1, 0.15) is 25.6 Å².